The minimum Gasteiger partial charge on any atom is -0.326 e. The first-order valence-electron chi connectivity index (χ1n) is 5.83. The van der Waals surface area contributed by atoms with Crippen molar-refractivity contribution in [3.05, 3.63) is 17.0 Å². The minimum atomic E-state index is -3.32. The van der Waals surface area contributed by atoms with Crippen molar-refractivity contribution in [2.75, 3.05) is 13.1 Å². The van der Waals surface area contributed by atoms with Crippen molar-refractivity contribution in [3.8, 4) is 0 Å². The highest BCUT2D eigenvalue weighted by Gasteiger charge is 2.24. The van der Waals surface area contributed by atoms with Crippen LogP contribution in [0, 0.1) is 0 Å². The van der Waals surface area contributed by atoms with Gasteiger partial charge in [-0.05, 0) is 23.4 Å². The van der Waals surface area contributed by atoms with Gasteiger partial charge in [0.15, 0.2) is 0 Å². The summed E-state index contributed by atoms with van der Waals surface area (Å²) >= 11 is 1.25. The zero-order valence-electron chi connectivity index (χ0n) is 10.3. The van der Waals surface area contributed by atoms with E-state index in [0.717, 1.165) is 18.4 Å². The second-order valence-corrected chi connectivity index (χ2v) is 6.90. The van der Waals surface area contributed by atoms with Gasteiger partial charge in [0.1, 0.15) is 4.21 Å². The summed E-state index contributed by atoms with van der Waals surface area (Å²) in [4.78, 5) is 0. The van der Waals surface area contributed by atoms with Crippen LogP contribution in [-0.4, -0.2) is 25.8 Å². The van der Waals surface area contributed by atoms with Crippen molar-refractivity contribution in [1.29, 1.82) is 0 Å². The van der Waals surface area contributed by atoms with Crippen LogP contribution in [0.2, 0.25) is 0 Å². The Balaban J connectivity index is 2.91. The van der Waals surface area contributed by atoms with Crippen LogP contribution in [-0.2, 0) is 16.6 Å². The van der Waals surface area contributed by atoms with E-state index in [9.17, 15) is 8.42 Å². The standard InChI is InChI=1S/C11H20N2O2S2/c1-3-5-6-13(4-2)17(14,15)11-7-10(8-12)9-16-11/h7,9H,3-6,8,12H2,1-2H3. The van der Waals surface area contributed by atoms with Gasteiger partial charge in [-0.3, -0.25) is 0 Å². The average molecular weight is 276 g/mol. The summed E-state index contributed by atoms with van der Waals surface area (Å²) in [6.07, 6.45) is 1.88. The molecule has 1 rings (SSSR count). The number of nitrogens with two attached hydrogens (primary N) is 1. The van der Waals surface area contributed by atoms with Gasteiger partial charge in [-0.25, -0.2) is 8.42 Å². The zero-order chi connectivity index (χ0) is 12.9. The van der Waals surface area contributed by atoms with E-state index in [1.807, 2.05) is 6.92 Å². The number of nitrogens with zero attached hydrogens (tertiary/aromatic N) is 1. The van der Waals surface area contributed by atoms with E-state index in [4.69, 9.17) is 5.73 Å². The summed E-state index contributed by atoms with van der Waals surface area (Å²) in [6.45, 7) is 5.40. The Kier molecular flexibility index (Phi) is 5.58. The van der Waals surface area contributed by atoms with E-state index in [2.05, 4.69) is 6.92 Å². The smallest absolute Gasteiger partial charge is 0.252 e. The monoisotopic (exact) mass is 276 g/mol. The molecule has 0 amide bonds. The topological polar surface area (TPSA) is 63.4 Å². The molecule has 0 radical (unpaired) electrons. The number of hydrogen-bond acceptors (Lipinski definition) is 4. The fraction of sp³-hybridized carbons (Fsp3) is 0.636. The van der Waals surface area contributed by atoms with Gasteiger partial charge in [-0.2, -0.15) is 4.31 Å². The van der Waals surface area contributed by atoms with Crippen LogP contribution >= 0.6 is 11.3 Å². The van der Waals surface area contributed by atoms with Crippen molar-refractivity contribution in [2.24, 2.45) is 5.73 Å². The van der Waals surface area contributed by atoms with Crippen molar-refractivity contribution < 1.29 is 8.42 Å². The first-order chi connectivity index (χ1) is 8.06. The Bertz CT molecular complexity index is 440. The largest absolute Gasteiger partial charge is 0.326 e. The third-order valence-corrected chi connectivity index (χ3v) is 6.01. The molecule has 17 heavy (non-hydrogen) atoms. The van der Waals surface area contributed by atoms with Gasteiger partial charge in [-0.1, -0.05) is 20.3 Å². The molecule has 0 bridgehead atoms. The van der Waals surface area contributed by atoms with Crippen LogP contribution < -0.4 is 5.73 Å². The quantitative estimate of drug-likeness (QED) is 0.828. The van der Waals surface area contributed by atoms with Gasteiger partial charge in [-0.15, -0.1) is 11.3 Å². The third-order valence-electron chi connectivity index (χ3n) is 2.57. The van der Waals surface area contributed by atoms with Crippen LogP contribution in [0.5, 0.6) is 0 Å². The van der Waals surface area contributed by atoms with Gasteiger partial charge < -0.3 is 5.73 Å². The molecule has 0 aliphatic rings. The highest BCUT2D eigenvalue weighted by atomic mass is 32.2. The lowest BCUT2D eigenvalue weighted by molar-refractivity contribution is 0.420. The Morgan fingerprint density at radius 3 is 2.59 bits per heavy atom. The maximum absolute atomic E-state index is 12.3. The summed E-state index contributed by atoms with van der Waals surface area (Å²) in [5.74, 6) is 0. The van der Waals surface area contributed by atoms with Gasteiger partial charge in [0.2, 0.25) is 0 Å². The Morgan fingerprint density at radius 2 is 2.12 bits per heavy atom. The van der Waals surface area contributed by atoms with E-state index in [1.54, 1.807) is 11.4 Å². The average Bonchev–Trinajstić information content (AvgIpc) is 2.79. The van der Waals surface area contributed by atoms with Crippen LogP contribution in [0.25, 0.3) is 0 Å². The molecule has 0 aliphatic carbocycles. The fourth-order valence-electron chi connectivity index (χ4n) is 1.51. The number of hydrogen-bond donors (Lipinski definition) is 1. The summed E-state index contributed by atoms with van der Waals surface area (Å²) in [6, 6.07) is 1.68. The number of thiophene rings is 1. The molecule has 0 aliphatic heterocycles. The summed E-state index contributed by atoms with van der Waals surface area (Å²) < 4.78 is 26.5. The maximum Gasteiger partial charge on any atom is 0.252 e. The van der Waals surface area contributed by atoms with Crippen LogP contribution in [0.1, 0.15) is 32.3 Å². The molecule has 0 saturated heterocycles. The lowest BCUT2D eigenvalue weighted by Crippen LogP contribution is -2.31. The molecular formula is C11H20N2O2S2. The second-order valence-electron chi connectivity index (χ2n) is 3.83. The first-order valence-corrected chi connectivity index (χ1v) is 8.15. The predicted molar refractivity (Wildman–Crippen MR) is 71.6 cm³/mol. The molecule has 0 aromatic carbocycles. The van der Waals surface area contributed by atoms with Gasteiger partial charge in [0, 0.05) is 19.6 Å². The van der Waals surface area contributed by atoms with Gasteiger partial charge >= 0.3 is 0 Å². The number of sulfonamides is 1. The van der Waals surface area contributed by atoms with E-state index < -0.39 is 10.0 Å². The zero-order valence-corrected chi connectivity index (χ0v) is 12.0. The molecule has 0 spiro atoms. The molecule has 0 atom stereocenters. The Hall–Kier alpha value is -0.430. The molecule has 1 aromatic heterocycles. The van der Waals surface area contributed by atoms with Crippen molar-refractivity contribution in [2.45, 2.75) is 37.4 Å². The summed E-state index contributed by atoms with van der Waals surface area (Å²) in [5.41, 5.74) is 6.37. The van der Waals surface area contributed by atoms with Crippen molar-refractivity contribution in [3.63, 3.8) is 0 Å². The highest BCUT2D eigenvalue weighted by molar-refractivity contribution is 7.91. The number of unbranched alkanes of at least 4 members (excludes halogenated alkanes) is 1. The first kappa shape index (κ1) is 14.6. The SMILES string of the molecule is CCCCN(CC)S(=O)(=O)c1cc(CN)cs1. The van der Waals surface area contributed by atoms with E-state index in [-0.39, 0.29) is 0 Å². The Morgan fingerprint density at radius 1 is 1.41 bits per heavy atom. The lowest BCUT2D eigenvalue weighted by Gasteiger charge is -2.18. The normalized spacial score (nSPS) is 12.2. The van der Waals surface area contributed by atoms with Gasteiger partial charge in [0.05, 0.1) is 0 Å². The lowest BCUT2D eigenvalue weighted by atomic mass is 10.3. The van der Waals surface area contributed by atoms with Crippen molar-refractivity contribution >= 4 is 21.4 Å². The molecule has 0 fully saturated rings. The van der Waals surface area contributed by atoms with Crippen molar-refractivity contribution in [1.82, 2.24) is 4.31 Å². The minimum absolute atomic E-state index is 0.382. The fourth-order valence-corrected chi connectivity index (χ4v) is 4.37. The van der Waals surface area contributed by atoms with Crippen LogP contribution in [0.15, 0.2) is 15.7 Å². The highest BCUT2D eigenvalue weighted by Crippen LogP contribution is 2.23. The third kappa shape index (κ3) is 3.51. The Labute approximate surface area is 107 Å². The van der Waals surface area contributed by atoms with E-state index >= 15 is 0 Å². The van der Waals surface area contributed by atoms with E-state index in [0.29, 0.717) is 23.8 Å². The van der Waals surface area contributed by atoms with Crippen LogP contribution in [0.3, 0.4) is 0 Å². The molecule has 0 saturated carbocycles. The molecule has 98 valence electrons. The summed E-state index contributed by atoms with van der Waals surface area (Å²) in [5, 5.41) is 1.81. The molecule has 6 heteroatoms. The summed E-state index contributed by atoms with van der Waals surface area (Å²) in [7, 11) is -3.32. The predicted octanol–water partition coefficient (Wildman–Crippen LogP) is 2.02. The second kappa shape index (κ2) is 6.49. The number of rotatable bonds is 7. The molecule has 0 unspecified atom stereocenters. The molecule has 4 nitrogen and oxygen atoms in total. The van der Waals surface area contributed by atoms with Gasteiger partial charge in [0.25, 0.3) is 10.0 Å². The molecular weight excluding hydrogens is 256 g/mol. The molecule has 1 aromatic rings. The maximum atomic E-state index is 12.3. The molecule has 1 heterocycles. The van der Waals surface area contributed by atoms with Crippen LogP contribution in [0.4, 0.5) is 0 Å². The molecule has 2 N–H and O–H groups in total. The van der Waals surface area contributed by atoms with E-state index in [1.165, 1.54) is 15.6 Å².